The summed E-state index contributed by atoms with van der Waals surface area (Å²) < 4.78 is 8.38. The van der Waals surface area contributed by atoms with Crippen LogP contribution in [0.4, 0.5) is 0 Å². The van der Waals surface area contributed by atoms with Gasteiger partial charge in [0.2, 0.25) is 0 Å². The number of hydrogen-bond acceptors (Lipinski definition) is 5. The highest BCUT2D eigenvalue weighted by molar-refractivity contribution is 5.97. The molecule has 4 aromatic rings. The second-order valence-corrected chi connectivity index (χ2v) is 7.57. The molecule has 1 saturated heterocycles. The van der Waals surface area contributed by atoms with Crippen LogP contribution in [0.1, 0.15) is 15.9 Å². The lowest BCUT2D eigenvalue weighted by molar-refractivity contribution is 0.0301. The minimum atomic E-state index is -0.284. The number of carbonyl (C=O) groups excluding carboxylic acids is 1. The molecule has 0 radical (unpaired) electrons. The molecule has 1 N–H and O–H groups in total. The first-order valence-corrected chi connectivity index (χ1v) is 10.1. The minimum Gasteiger partial charge on any atom is -0.378 e. The van der Waals surface area contributed by atoms with Crippen LogP contribution in [0.2, 0.25) is 0 Å². The van der Waals surface area contributed by atoms with Crippen molar-refractivity contribution in [2.75, 3.05) is 26.3 Å². The van der Waals surface area contributed by atoms with E-state index in [1.54, 1.807) is 27.8 Å². The number of benzene rings is 1. The fraction of sp³-hybridized carbons (Fsp3) is 0.217. The highest BCUT2D eigenvalue weighted by Gasteiger charge is 2.23. The molecular formula is C23H21N5O3. The number of rotatable bonds is 2. The van der Waals surface area contributed by atoms with Gasteiger partial charge < -0.3 is 9.64 Å². The van der Waals surface area contributed by atoms with Gasteiger partial charge in [0.05, 0.1) is 24.2 Å². The van der Waals surface area contributed by atoms with E-state index < -0.39 is 0 Å². The van der Waals surface area contributed by atoms with Crippen molar-refractivity contribution in [3.8, 4) is 5.69 Å². The Bertz CT molecular complexity index is 1430. The Morgan fingerprint density at radius 1 is 1.10 bits per heavy atom. The summed E-state index contributed by atoms with van der Waals surface area (Å²) in [6, 6.07) is 14.4. The molecule has 1 fully saturated rings. The largest absolute Gasteiger partial charge is 0.378 e. The maximum atomic E-state index is 13.3. The third-order valence-corrected chi connectivity index (χ3v) is 5.55. The molecular weight excluding hydrogens is 394 g/mol. The quantitative estimate of drug-likeness (QED) is 0.506. The number of morpholine rings is 1. The van der Waals surface area contributed by atoms with Gasteiger partial charge in [0.25, 0.3) is 11.5 Å². The van der Waals surface area contributed by atoms with Crippen molar-refractivity contribution < 1.29 is 9.53 Å². The second kappa shape index (κ2) is 7.48. The van der Waals surface area contributed by atoms with E-state index >= 15 is 0 Å². The summed E-state index contributed by atoms with van der Waals surface area (Å²) >= 11 is 0. The predicted molar refractivity (Wildman–Crippen MR) is 116 cm³/mol. The first kappa shape index (κ1) is 19.2. The summed E-state index contributed by atoms with van der Waals surface area (Å²) in [6.45, 7) is 3.80. The summed E-state index contributed by atoms with van der Waals surface area (Å²) in [6.07, 6.45) is 1.65. The summed E-state index contributed by atoms with van der Waals surface area (Å²) in [4.78, 5) is 32.9. The molecule has 3 aromatic heterocycles. The van der Waals surface area contributed by atoms with E-state index in [1.807, 2.05) is 37.3 Å². The van der Waals surface area contributed by atoms with Crippen LogP contribution in [0.15, 0.2) is 59.5 Å². The number of hydrogen-bond donors (Lipinski definition) is 1. The molecule has 1 aromatic carbocycles. The number of pyridine rings is 2. The smallest absolute Gasteiger partial charge is 0.267 e. The zero-order valence-corrected chi connectivity index (χ0v) is 17.0. The molecule has 0 unspecified atom stereocenters. The maximum absolute atomic E-state index is 13.3. The van der Waals surface area contributed by atoms with Crippen LogP contribution in [0, 0.1) is 12.3 Å². The minimum absolute atomic E-state index is 0.0000241. The SMILES string of the molecule is Cc1ccc(-n2c(=N)c(C(=O)N3CCOCC3)cc3c(=O)n4ccccc4nc32)cc1. The van der Waals surface area contributed by atoms with Crippen LogP contribution in [0.25, 0.3) is 22.4 Å². The van der Waals surface area contributed by atoms with Gasteiger partial charge in [-0.2, -0.15) is 0 Å². The molecule has 1 aliphatic rings. The molecule has 8 nitrogen and oxygen atoms in total. The predicted octanol–water partition coefficient (Wildman–Crippen LogP) is 1.90. The molecule has 0 spiro atoms. The maximum Gasteiger partial charge on any atom is 0.267 e. The van der Waals surface area contributed by atoms with Gasteiger partial charge in [0.1, 0.15) is 11.1 Å². The van der Waals surface area contributed by atoms with Crippen LogP contribution < -0.4 is 11.0 Å². The molecule has 1 aliphatic heterocycles. The van der Waals surface area contributed by atoms with E-state index in [9.17, 15) is 9.59 Å². The highest BCUT2D eigenvalue weighted by Crippen LogP contribution is 2.17. The Morgan fingerprint density at radius 3 is 2.58 bits per heavy atom. The number of ether oxygens (including phenoxy) is 1. The van der Waals surface area contributed by atoms with Crippen molar-refractivity contribution >= 4 is 22.6 Å². The molecule has 156 valence electrons. The lowest BCUT2D eigenvalue weighted by atomic mass is 10.1. The van der Waals surface area contributed by atoms with E-state index in [0.717, 1.165) is 5.56 Å². The number of fused-ring (bicyclic) bond motifs is 2. The molecule has 0 aliphatic carbocycles. The number of carbonyl (C=O) groups is 1. The number of aromatic nitrogens is 3. The van der Waals surface area contributed by atoms with Crippen LogP contribution in [0.3, 0.4) is 0 Å². The molecule has 8 heteroatoms. The molecule has 0 saturated carbocycles. The van der Waals surface area contributed by atoms with Gasteiger partial charge in [-0.3, -0.25) is 24.0 Å². The van der Waals surface area contributed by atoms with E-state index in [1.165, 1.54) is 10.5 Å². The Kier molecular flexibility index (Phi) is 4.63. The van der Waals surface area contributed by atoms with Gasteiger partial charge in [-0.05, 0) is 37.3 Å². The summed E-state index contributed by atoms with van der Waals surface area (Å²) in [5.74, 6) is -0.284. The van der Waals surface area contributed by atoms with E-state index in [2.05, 4.69) is 4.98 Å². The number of aryl methyl sites for hydroxylation is 1. The van der Waals surface area contributed by atoms with E-state index in [0.29, 0.717) is 43.3 Å². The second-order valence-electron chi connectivity index (χ2n) is 7.57. The Morgan fingerprint density at radius 2 is 1.84 bits per heavy atom. The average Bonchev–Trinajstić information content (AvgIpc) is 2.80. The Hall–Kier alpha value is -3.78. The van der Waals surface area contributed by atoms with Crippen molar-refractivity contribution in [1.29, 1.82) is 5.41 Å². The van der Waals surface area contributed by atoms with Gasteiger partial charge in [-0.1, -0.05) is 23.8 Å². The lowest BCUT2D eigenvalue weighted by Gasteiger charge is -2.27. The molecule has 0 atom stereocenters. The van der Waals surface area contributed by atoms with Gasteiger partial charge in [0.15, 0.2) is 5.65 Å². The molecule has 5 rings (SSSR count). The van der Waals surface area contributed by atoms with Crippen LogP contribution in [-0.4, -0.2) is 51.1 Å². The average molecular weight is 415 g/mol. The number of nitrogens with zero attached hydrogens (tertiary/aromatic N) is 4. The van der Waals surface area contributed by atoms with Crippen LogP contribution in [0.5, 0.6) is 0 Å². The Labute approximate surface area is 177 Å². The van der Waals surface area contributed by atoms with Crippen molar-refractivity contribution in [2.45, 2.75) is 6.92 Å². The van der Waals surface area contributed by atoms with Crippen molar-refractivity contribution in [1.82, 2.24) is 18.9 Å². The standard InChI is InChI=1S/C23H21N5O3/c1-15-5-7-16(8-6-15)28-20(24)17(22(29)26-10-12-31-13-11-26)14-18-21(28)25-19-4-2-3-9-27(19)23(18)30/h2-9,14,24H,10-13H2,1H3. The van der Waals surface area contributed by atoms with Crippen molar-refractivity contribution in [3.63, 3.8) is 0 Å². The van der Waals surface area contributed by atoms with Gasteiger partial charge >= 0.3 is 0 Å². The van der Waals surface area contributed by atoms with Crippen molar-refractivity contribution in [2.24, 2.45) is 0 Å². The highest BCUT2D eigenvalue weighted by atomic mass is 16.5. The van der Waals surface area contributed by atoms with Gasteiger partial charge in [-0.15, -0.1) is 0 Å². The third kappa shape index (κ3) is 3.21. The lowest BCUT2D eigenvalue weighted by Crippen LogP contribution is -2.43. The summed E-state index contributed by atoms with van der Waals surface area (Å²) in [7, 11) is 0. The van der Waals surface area contributed by atoms with E-state index in [-0.39, 0.29) is 27.9 Å². The molecule has 4 heterocycles. The third-order valence-electron chi connectivity index (χ3n) is 5.55. The zero-order chi connectivity index (χ0) is 21.5. The topological polar surface area (TPSA) is 92.7 Å². The van der Waals surface area contributed by atoms with E-state index in [4.69, 9.17) is 10.1 Å². The fourth-order valence-corrected chi connectivity index (χ4v) is 3.87. The normalized spacial score (nSPS) is 14.3. The number of amides is 1. The van der Waals surface area contributed by atoms with Crippen LogP contribution >= 0.6 is 0 Å². The zero-order valence-electron chi connectivity index (χ0n) is 17.0. The monoisotopic (exact) mass is 415 g/mol. The fourth-order valence-electron chi connectivity index (χ4n) is 3.87. The van der Waals surface area contributed by atoms with Gasteiger partial charge in [0, 0.05) is 25.0 Å². The first-order chi connectivity index (χ1) is 15.0. The Balaban J connectivity index is 1.85. The van der Waals surface area contributed by atoms with Crippen molar-refractivity contribution in [3.05, 3.63) is 81.7 Å². The first-order valence-electron chi connectivity index (χ1n) is 10.1. The molecule has 0 bridgehead atoms. The molecule has 1 amide bonds. The van der Waals surface area contributed by atoms with Crippen LogP contribution in [-0.2, 0) is 4.74 Å². The summed E-state index contributed by atoms with van der Waals surface area (Å²) in [5.41, 5.74) is 2.46. The summed E-state index contributed by atoms with van der Waals surface area (Å²) in [5, 5.41) is 9.17. The number of nitrogens with one attached hydrogen (secondary N) is 1. The molecule has 31 heavy (non-hydrogen) atoms. The van der Waals surface area contributed by atoms with Gasteiger partial charge in [-0.25, -0.2) is 4.98 Å².